The Morgan fingerprint density at radius 2 is 2.35 bits per heavy atom. The van der Waals surface area contributed by atoms with Gasteiger partial charge in [-0.25, -0.2) is 0 Å². The molecular weight excluding hydrogens is 216 g/mol. The summed E-state index contributed by atoms with van der Waals surface area (Å²) < 4.78 is 5.15. The number of hydrogen-bond acceptors (Lipinski definition) is 3. The van der Waals surface area contributed by atoms with Crippen LogP contribution >= 0.6 is 0 Å². The molecule has 1 aromatic rings. The van der Waals surface area contributed by atoms with Gasteiger partial charge in [-0.2, -0.15) is 0 Å². The average molecular weight is 234 g/mol. The lowest BCUT2D eigenvalue weighted by Crippen LogP contribution is -2.31. The second kappa shape index (κ2) is 4.84. The van der Waals surface area contributed by atoms with Crippen LogP contribution in [0.2, 0.25) is 0 Å². The summed E-state index contributed by atoms with van der Waals surface area (Å²) in [6.45, 7) is 5.97. The molecule has 92 valence electrons. The molecule has 0 radical (unpaired) electrons. The van der Waals surface area contributed by atoms with E-state index >= 15 is 0 Å². The first-order valence-corrected chi connectivity index (χ1v) is 6.02. The van der Waals surface area contributed by atoms with E-state index in [0.29, 0.717) is 0 Å². The summed E-state index contributed by atoms with van der Waals surface area (Å²) in [5.74, 6) is -0.0242. The maximum absolute atomic E-state index is 11.7. The average Bonchev–Trinajstić information content (AvgIpc) is 3.06. The van der Waals surface area contributed by atoms with E-state index < -0.39 is 0 Å². The molecule has 0 bridgehead atoms. The van der Waals surface area contributed by atoms with Gasteiger partial charge in [0.05, 0.1) is 12.1 Å². The Bertz CT molecular complexity index is 420. The van der Waals surface area contributed by atoms with E-state index in [4.69, 9.17) is 4.74 Å². The number of carbonyl (C=O) groups excluding carboxylic acids is 1. The maximum Gasteiger partial charge on any atom is 0.252 e. The van der Waals surface area contributed by atoms with Crippen LogP contribution in [0.25, 0.3) is 0 Å². The van der Waals surface area contributed by atoms with Crippen molar-refractivity contribution in [3.8, 4) is 0 Å². The summed E-state index contributed by atoms with van der Waals surface area (Å²) in [5.41, 5.74) is 2.30. The molecule has 2 rings (SSSR count). The van der Waals surface area contributed by atoms with Gasteiger partial charge in [0.1, 0.15) is 0 Å². The number of ether oxygens (including phenoxy) is 1. The first-order chi connectivity index (χ1) is 8.13. The van der Waals surface area contributed by atoms with E-state index in [1.54, 1.807) is 6.20 Å². The van der Waals surface area contributed by atoms with Crippen molar-refractivity contribution >= 4 is 5.91 Å². The molecule has 0 aliphatic carbocycles. The highest BCUT2D eigenvalue weighted by Crippen LogP contribution is 2.23. The fraction of sp³-hybridized carbons (Fsp3) is 0.538. The van der Waals surface area contributed by atoms with Crippen molar-refractivity contribution in [2.45, 2.75) is 45.4 Å². The second-order valence-corrected chi connectivity index (χ2v) is 4.42. The number of epoxide rings is 1. The Hall–Kier alpha value is -1.42. The van der Waals surface area contributed by atoms with Crippen LogP contribution in [0.5, 0.6) is 0 Å². The lowest BCUT2D eigenvalue weighted by molar-refractivity contribution is -0.122. The van der Waals surface area contributed by atoms with E-state index in [9.17, 15) is 4.79 Å². The number of nitrogens with one attached hydrogen (secondary N) is 1. The van der Waals surface area contributed by atoms with Gasteiger partial charge in [-0.3, -0.25) is 9.78 Å². The van der Waals surface area contributed by atoms with E-state index in [1.807, 2.05) is 26.1 Å². The first-order valence-electron chi connectivity index (χ1n) is 6.02. The van der Waals surface area contributed by atoms with Gasteiger partial charge in [-0.1, -0.05) is 6.92 Å². The largest absolute Gasteiger partial charge is 0.359 e. The third kappa shape index (κ3) is 2.64. The predicted molar refractivity (Wildman–Crippen MR) is 64.5 cm³/mol. The van der Waals surface area contributed by atoms with Crippen LogP contribution in [-0.4, -0.2) is 23.1 Å². The number of aromatic nitrogens is 1. The van der Waals surface area contributed by atoms with Crippen molar-refractivity contribution in [3.63, 3.8) is 0 Å². The normalized spacial score (nSPS) is 24.2. The van der Waals surface area contributed by atoms with Crippen molar-refractivity contribution < 1.29 is 9.53 Å². The molecule has 1 saturated heterocycles. The zero-order chi connectivity index (χ0) is 12.4. The molecule has 4 nitrogen and oxygen atoms in total. The minimum absolute atomic E-state index is 0.00292. The quantitative estimate of drug-likeness (QED) is 0.805. The molecule has 0 aromatic carbocycles. The molecule has 1 N–H and O–H groups in total. The van der Waals surface area contributed by atoms with Crippen molar-refractivity contribution in [1.82, 2.24) is 10.3 Å². The maximum atomic E-state index is 11.7. The van der Waals surface area contributed by atoms with Crippen LogP contribution in [0.1, 0.15) is 37.9 Å². The molecule has 1 aliphatic rings. The van der Waals surface area contributed by atoms with E-state index in [-0.39, 0.29) is 24.2 Å². The van der Waals surface area contributed by atoms with Gasteiger partial charge in [0.15, 0.2) is 6.10 Å². The number of hydrogen-bond donors (Lipinski definition) is 1. The summed E-state index contributed by atoms with van der Waals surface area (Å²) in [6, 6.07) is 1.96. The molecule has 0 saturated carbocycles. The monoisotopic (exact) mass is 234 g/mol. The first kappa shape index (κ1) is 12.0. The predicted octanol–water partition coefficient (Wildman–Crippen LogP) is 1.61. The van der Waals surface area contributed by atoms with E-state index in [1.165, 1.54) is 5.56 Å². The Kier molecular flexibility index (Phi) is 3.43. The lowest BCUT2D eigenvalue weighted by Gasteiger charge is -2.16. The third-order valence-electron chi connectivity index (χ3n) is 3.12. The molecule has 1 aliphatic heterocycles. The highest BCUT2D eigenvalue weighted by molar-refractivity contribution is 5.83. The van der Waals surface area contributed by atoms with Gasteiger partial charge in [0, 0.05) is 12.4 Å². The Morgan fingerprint density at radius 1 is 1.65 bits per heavy atom. The number of carbonyl (C=O) groups is 1. The van der Waals surface area contributed by atoms with Crippen molar-refractivity contribution in [1.29, 1.82) is 0 Å². The fourth-order valence-corrected chi connectivity index (χ4v) is 1.99. The smallest absolute Gasteiger partial charge is 0.252 e. The van der Waals surface area contributed by atoms with Crippen LogP contribution in [0, 0.1) is 0 Å². The summed E-state index contributed by atoms with van der Waals surface area (Å²) in [6.07, 6.45) is 4.33. The Labute approximate surface area is 101 Å². The SMILES string of the molecule is CCc1cnccc1C(C)NC(=O)[C@@H]1O[C@H]1C. The number of aryl methyl sites for hydroxylation is 1. The van der Waals surface area contributed by atoms with E-state index in [0.717, 1.165) is 12.0 Å². The van der Waals surface area contributed by atoms with Crippen LogP contribution in [0.3, 0.4) is 0 Å². The highest BCUT2D eigenvalue weighted by atomic mass is 16.6. The van der Waals surface area contributed by atoms with Crippen LogP contribution in [-0.2, 0) is 16.0 Å². The Balaban J connectivity index is 2.03. The molecule has 1 fully saturated rings. The zero-order valence-corrected chi connectivity index (χ0v) is 10.4. The van der Waals surface area contributed by atoms with Gasteiger partial charge in [0.2, 0.25) is 0 Å². The summed E-state index contributed by atoms with van der Waals surface area (Å²) in [5, 5.41) is 2.97. The molecule has 1 aromatic heterocycles. The van der Waals surface area contributed by atoms with Crippen LogP contribution in [0.4, 0.5) is 0 Å². The van der Waals surface area contributed by atoms with Crippen molar-refractivity contribution in [2.75, 3.05) is 0 Å². The zero-order valence-electron chi connectivity index (χ0n) is 10.4. The molecule has 17 heavy (non-hydrogen) atoms. The third-order valence-corrected chi connectivity index (χ3v) is 3.12. The van der Waals surface area contributed by atoms with Crippen molar-refractivity contribution in [2.24, 2.45) is 0 Å². The minimum Gasteiger partial charge on any atom is -0.359 e. The standard InChI is InChI=1S/C13H18N2O2/c1-4-10-7-14-6-5-11(10)8(2)15-13(16)12-9(3)17-12/h5-9,12H,4H2,1-3H3,(H,15,16)/t8?,9-,12+/m0/s1. The summed E-state index contributed by atoms with van der Waals surface area (Å²) in [7, 11) is 0. The van der Waals surface area contributed by atoms with Gasteiger partial charge < -0.3 is 10.1 Å². The molecule has 1 amide bonds. The second-order valence-electron chi connectivity index (χ2n) is 4.42. The van der Waals surface area contributed by atoms with Gasteiger partial charge in [0.25, 0.3) is 5.91 Å². The number of pyridine rings is 1. The Morgan fingerprint density at radius 3 is 2.94 bits per heavy atom. The molecule has 4 heteroatoms. The molecule has 0 spiro atoms. The topological polar surface area (TPSA) is 54.5 Å². The fourth-order valence-electron chi connectivity index (χ4n) is 1.99. The summed E-state index contributed by atoms with van der Waals surface area (Å²) >= 11 is 0. The molecule has 1 unspecified atom stereocenters. The molecule has 2 heterocycles. The molecular formula is C13H18N2O2. The van der Waals surface area contributed by atoms with Crippen molar-refractivity contribution in [3.05, 3.63) is 29.6 Å². The van der Waals surface area contributed by atoms with Crippen LogP contribution < -0.4 is 5.32 Å². The summed E-state index contributed by atoms with van der Waals surface area (Å²) in [4.78, 5) is 15.8. The number of amides is 1. The lowest BCUT2D eigenvalue weighted by atomic mass is 10.0. The van der Waals surface area contributed by atoms with E-state index in [2.05, 4.69) is 17.2 Å². The molecule has 3 atom stereocenters. The highest BCUT2D eigenvalue weighted by Gasteiger charge is 2.41. The minimum atomic E-state index is -0.260. The van der Waals surface area contributed by atoms with Gasteiger partial charge in [-0.05, 0) is 37.5 Å². The van der Waals surface area contributed by atoms with Gasteiger partial charge >= 0.3 is 0 Å². The number of rotatable bonds is 4. The van der Waals surface area contributed by atoms with Gasteiger partial charge in [-0.15, -0.1) is 0 Å². The van der Waals surface area contributed by atoms with Crippen LogP contribution in [0.15, 0.2) is 18.5 Å². The number of nitrogens with zero attached hydrogens (tertiary/aromatic N) is 1.